The van der Waals surface area contributed by atoms with Crippen LogP contribution in [0.15, 0.2) is 6.20 Å². The van der Waals surface area contributed by atoms with Gasteiger partial charge in [-0.3, -0.25) is 9.88 Å². The maximum atomic E-state index is 5.53. The summed E-state index contributed by atoms with van der Waals surface area (Å²) in [6.07, 6.45) is 3.06. The summed E-state index contributed by atoms with van der Waals surface area (Å²) in [4.78, 5) is 7.23. The summed E-state index contributed by atoms with van der Waals surface area (Å²) in [6.45, 7) is 14.0. The number of aryl methyl sites for hydroxylation is 1. The van der Waals surface area contributed by atoms with Crippen molar-refractivity contribution in [3.63, 3.8) is 0 Å². The highest BCUT2D eigenvalue weighted by Gasteiger charge is 2.35. The second-order valence-electron chi connectivity index (χ2n) is 6.56. The summed E-state index contributed by atoms with van der Waals surface area (Å²) in [6, 6.07) is 0.525. The van der Waals surface area contributed by atoms with Crippen LogP contribution in [0.4, 0.5) is 0 Å². The molecule has 21 heavy (non-hydrogen) atoms. The Kier molecular flexibility index (Phi) is 4.89. The lowest BCUT2D eigenvalue weighted by Gasteiger charge is -2.47. The summed E-state index contributed by atoms with van der Waals surface area (Å²) in [5, 5.41) is 3.60. The van der Waals surface area contributed by atoms with Crippen molar-refractivity contribution in [3.05, 3.63) is 23.0 Å². The Balaban J connectivity index is 2.27. The quantitative estimate of drug-likeness (QED) is 0.925. The van der Waals surface area contributed by atoms with Gasteiger partial charge in [-0.2, -0.15) is 0 Å². The van der Waals surface area contributed by atoms with E-state index >= 15 is 0 Å². The normalized spacial score (nSPS) is 26.9. The van der Waals surface area contributed by atoms with Crippen LogP contribution >= 0.6 is 0 Å². The standard InChI is InChI=1S/C17H29N3O/c1-7-17(5)11-19-13(3)9-20(17)10-15-14(4)16(21-6)12(2)8-18-15/h8,13,19H,7,9-11H2,1-6H3. The average molecular weight is 291 g/mol. The van der Waals surface area contributed by atoms with Crippen molar-refractivity contribution < 1.29 is 4.74 Å². The predicted molar refractivity (Wildman–Crippen MR) is 86.8 cm³/mol. The molecule has 2 unspecified atom stereocenters. The van der Waals surface area contributed by atoms with Gasteiger partial charge in [-0.15, -0.1) is 0 Å². The van der Waals surface area contributed by atoms with Crippen LogP contribution in [0.2, 0.25) is 0 Å². The Labute approximate surface area is 128 Å². The molecular weight excluding hydrogens is 262 g/mol. The van der Waals surface area contributed by atoms with E-state index in [0.29, 0.717) is 6.04 Å². The van der Waals surface area contributed by atoms with E-state index in [-0.39, 0.29) is 5.54 Å². The molecule has 118 valence electrons. The van der Waals surface area contributed by atoms with Gasteiger partial charge >= 0.3 is 0 Å². The number of hydrogen-bond acceptors (Lipinski definition) is 4. The molecule has 0 aliphatic carbocycles. The van der Waals surface area contributed by atoms with Crippen molar-refractivity contribution in [1.29, 1.82) is 0 Å². The maximum absolute atomic E-state index is 5.53. The summed E-state index contributed by atoms with van der Waals surface area (Å²) in [7, 11) is 1.74. The molecule has 1 aliphatic heterocycles. The number of nitrogens with one attached hydrogen (secondary N) is 1. The van der Waals surface area contributed by atoms with Crippen molar-refractivity contribution in [1.82, 2.24) is 15.2 Å². The summed E-state index contributed by atoms with van der Waals surface area (Å²) < 4.78 is 5.53. The van der Waals surface area contributed by atoms with Crippen molar-refractivity contribution in [2.45, 2.75) is 59.2 Å². The van der Waals surface area contributed by atoms with Gasteiger partial charge in [-0.05, 0) is 34.1 Å². The van der Waals surface area contributed by atoms with Crippen LogP contribution in [0.25, 0.3) is 0 Å². The second-order valence-corrected chi connectivity index (χ2v) is 6.56. The predicted octanol–water partition coefficient (Wildman–Crippen LogP) is 2.67. The van der Waals surface area contributed by atoms with Crippen LogP contribution in [-0.2, 0) is 6.54 Å². The minimum Gasteiger partial charge on any atom is -0.496 e. The Morgan fingerprint density at radius 3 is 2.81 bits per heavy atom. The first-order chi connectivity index (χ1) is 9.91. The van der Waals surface area contributed by atoms with Crippen molar-refractivity contribution in [3.8, 4) is 5.75 Å². The Bertz CT molecular complexity index is 503. The highest BCUT2D eigenvalue weighted by Crippen LogP contribution is 2.29. The summed E-state index contributed by atoms with van der Waals surface area (Å²) >= 11 is 0. The Morgan fingerprint density at radius 2 is 2.19 bits per heavy atom. The van der Waals surface area contributed by atoms with Gasteiger partial charge in [0.15, 0.2) is 0 Å². The summed E-state index contributed by atoms with van der Waals surface area (Å²) in [5.74, 6) is 0.974. The molecule has 2 heterocycles. The van der Waals surface area contributed by atoms with E-state index in [1.165, 1.54) is 5.56 Å². The molecule has 1 aromatic heterocycles. The third-order valence-corrected chi connectivity index (χ3v) is 4.94. The zero-order valence-electron chi connectivity index (χ0n) is 14.3. The molecule has 0 amide bonds. The first-order valence-corrected chi connectivity index (χ1v) is 7.88. The largest absolute Gasteiger partial charge is 0.496 e. The van der Waals surface area contributed by atoms with Crippen LogP contribution in [-0.4, -0.2) is 41.7 Å². The van der Waals surface area contributed by atoms with E-state index < -0.39 is 0 Å². The number of ether oxygens (including phenoxy) is 1. The molecule has 1 aromatic rings. The van der Waals surface area contributed by atoms with Gasteiger partial charge < -0.3 is 10.1 Å². The summed E-state index contributed by atoms with van der Waals surface area (Å²) in [5.41, 5.74) is 3.60. The van der Waals surface area contributed by atoms with Gasteiger partial charge in [0, 0.05) is 48.5 Å². The van der Waals surface area contributed by atoms with Crippen molar-refractivity contribution in [2.75, 3.05) is 20.2 Å². The van der Waals surface area contributed by atoms with Gasteiger partial charge in [0.05, 0.1) is 12.8 Å². The second kappa shape index (κ2) is 6.32. The third kappa shape index (κ3) is 3.22. The van der Waals surface area contributed by atoms with E-state index in [9.17, 15) is 0 Å². The van der Waals surface area contributed by atoms with Gasteiger partial charge in [0.25, 0.3) is 0 Å². The van der Waals surface area contributed by atoms with E-state index in [1.54, 1.807) is 7.11 Å². The Morgan fingerprint density at radius 1 is 1.48 bits per heavy atom. The van der Waals surface area contributed by atoms with Crippen molar-refractivity contribution in [2.24, 2.45) is 0 Å². The highest BCUT2D eigenvalue weighted by atomic mass is 16.5. The molecule has 2 rings (SSSR count). The number of hydrogen-bond donors (Lipinski definition) is 1. The number of aromatic nitrogens is 1. The van der Waals surface area contributed by atoms with Crippen LogP contribution in [0.3, 0.4) is 0 Å². The number of rotatable bonds is 4. The van der Waals surface area contributed by atoms with Gasteiger partial charge in [-0.25, -0.2) is 0 Å². The third-order valence-electron chi connectivity index (χ3n) is 4.94. The lowest BCUT2D eigenvalue weighted by molar-refractivity contribution is 0.0440. The molecular formula is C17H29N3O. The minimum atomic E-state index is 0.193. The fourth-order valence-electron chi connectivity index (χ4n) is 3.14. The molecule has 1 N–H and O–H groups in total. The monoisotopic (exact) mass is 291 g/mol. The molecule has 0 saturated carbocycles. The fourth-order valence-corrected chi connectivity index (χ4v) is 3.14. The van der Waals surface area contributed by atoms with E-state index in [0.717, 1.165) is 43.1 Å². The Hall–Kier alpha value is -1.13. The van der Waals surface area contributed by atoms with Crippen molar-refractivity contribution >= 4 is 0 Å². The van der Waals surface area contributed by atoms with Gasteiger partial charge in [0.2, 0.25) is 0 Å². The van der Waals surface area contributed by atoms with E-state index in [4.69, 9.17) is 4.74 Å². The first kappa shape index (κ1) is 16.2. The van der Waals surface area contributed by atoms with Gasteiger partial charge in [-0.1, -0.05) is 6.92 Å². The van der Waals surface area contributed by atoms with Gasteiger partial charge in [0.1, 0.15) is 5.75 Å². The molecule has 0 radical (unpaired) electrons. The number of pyridine rings is 1. The molecule has 2 atom stereocenters. The smallest absolute Gasteiger partial charge is 0.128 e. The molecule has 4 nitrogen and oxygen atoms in total. The maximum Gasteiger partial charge on any atom is 0.128 e. The lowest BCUT2D eigenvalue weighted by Crippen LogP contribution is -2.61. The minimum absolute atomic E-state index is 0.193. The average Bonchev–Trinajstić information content (AvgIpc) is 2.46. The fraction of sp³-hybridized carbons (Fsp3) is 0.706. The van der Waals surface area contributed by atoms with E-state index in [2.05, 4.69) is 42.9 Å². The highest BCUT2D eigenvalue weighted by molar-refractivity contribution is 5.41. The van der Waals surface area contributed by atoms with Crippen LogP contribution in [0, 0.1) is 13.8 Å². The first-order valence-electron chi connectivity index (χ1n) is 7.88. The lowest BCUT2D eigenvalue weighted by atomic mass is 9.92. The molecule has 4 heteroatoms. The number of methoxy groups -OCH3 is 1. The topological polar surface area (TPSA) is 37.4 Å². The zero-order valence-corrected chi connectivity index (χ0v) is 14.3. The number of nitrogens with zero attached hydrogens (tertiary/aromatic N) is 2. The zero-order chi connectivity index (χ0) is 15.6. The molecule has 1 saturated heterocycles. The van der Waals surface area contributed by atoms with Crippen LogP contribution in [0.1, 0.15) is 44.0 Å². The molecule has 0 bridgehead atoms. The molecule has 0 aromatic carbocycles. The molecule has 1 fully saturated rings. The van der Waals surface area contributed by atoms with Crippen LogP contribution < -0.4 is 10.1 Å². The molecule has 0 spiro atoms. The number of piperazine rings is 1. The molecule has 1 aliphatic rings. The van der Waals surface area contributed by atoms with E-state index in [1.807, 2.05) is 13.1 Å². The SMILES string of the molecule is CCC1(C)CNC(C)CN1Cc1ncc(C)c(OC)c1C. The van der Waals surface area contributed by atoms with Crippen LogP contribution in [0.5, 0.6) is 5.75 Å².